The average Bonchev–Trinajstić information content (AvgIpc) is 2.25. The van der Waals surface area contributed by atoms with Crippen LogP contribution in [0.25, 0.3) is 0 Å². The van der Waals surface area contributed by atoms with Gasteiger partial charge in [-0.3, -0.25) is 0 Å². The van der Waals surface area contributed by atoms with E-state index in [2.05, 4.69) is 67.9 Å². The fourth-order valence-corrected chi connectivity index (χ4v) is 2.79. The minimum absolute atomic E-state index is 0.256. The first kappa shape index (κ1) is 14.1. The summed E-state index contributed by atoms with van der Waals surface area (Å²) in [5.74, 6) is 1.91. The summed E-state index contributed by atoms with van der Waals surface area (Å²) in [6.07, 6.45) is 0. The van der Waals surface area contributed by atoms with E-state index in [4.69, 9.17) is 0 Å². The Morgan fingerprint density at radius 1 is 1.19 bits per heavy atom. The zero-order valence-electron chi connectivity index (χ0n) is 10.6. The van der Waals surface area contributed by atoms with Crippen LogP contribution in [-0.2, 0) is 5.41 Å². The van der Waals surface area contributed by atoms with Gasteiger partial charge in [0.2, 0.25) is 0 Å². The molecule has 0 aliphatic carbocycles. The van der Waals surface area contributed by atoms with E-state index < -0.39 is 0 Å². The first-order valence-electron chi connectivity index (χ1n) is 5.73. The van der Waals surface area contributed by atoms with E-state index in [0.717, 1.165) is 11.2 Å². The van der Waals surface area contributed by atoms with Gasteiger partial charge in [0.1, 0.15) is 0 Å². The first-order chi connectivity index (χ1) is 7.43. The van der Waals surface area contributed by atoms with Crippen LogP contribution >= 0.6 is 27.7 Å². The molecule has 0 aliphatic rings. The van der Waals surface area contributed by atoms with Gasteiger partial charge >= 0.3 is 0 Å². The Balaban J connectivity index is 2.58. The first-order valence-corrected chi connectivity index (χ1v) is 7.83. The van der Waals surface area contributed by atoms with Crippen LogP contribution in [-0.4, -0.2) is 11.1 Å². The van der Waals surface area contributed by atoms with Crippen LogP contribution in [0.4, 0.5) is 0 Å². The van der Waals surface area contributed by atoms with Crippen molar-refractivity contribution in [3.8, 4) is 0 Å². The van der Waals surface area contributed by atoms with E-state index in [1.165, 1.54) is 16.2 Å². The van der Waals surface area contributed by atoms with Crippen molar-refractivity contribution in [3.05, 3.63) is 29.8 Å². The van der Waals surface area contributed by atoms with Crippen LogP contribution in [0.3, 0.4) is 0 Å². The van der Waals surface area contributed by atoms with Gasteiger partial charge in [-0.15, -0.1) is 11.8 Å². The van der Waals surface area contributed by atoms with Gasteiger partial charge in [-0.2, -0.15) is 0 Å². The molecule has 0 fully saturated rings. The molecule has 0 radical (unpaired) electrons. The fraction of sp³-hybridized carbons (Fsp3) is 0.571. The lowest BCUT2D eigenvalue weighted by molar-refractivity contribution is 0.590. The summed E-state index contributed by atoms with van der Waals surface area (Å²) in [5, 5.41) is 1.08. The molecule has 90 valence electrons. The number of rotatable bonds is 4. The third-order valence-electron chi connectivity index (χ3n) is 2.52. The molecule has 1 rings (SSSR count). The monoisotopic (exact) mass is 300 g/mol. The normalized spacial score (nSPS) is 13.8. The highest BCUT2D eigenvalue weighted by molar-refractivity contribution is 9.09. The Kier molecular flexibility index (Phi) is 5.39. The molecule has 0 N–H and O–H groups in total. The fourth-order valence-electron chi connectivity index (χ4n) is 1.33. The molecule has 0 saturated heterocycles. The molecule has 1 atom stereocenters. The van der Waals surface area contributed by atoms with E-state index in [0.29, 0.717) is 0 Å². The Morgan fingerprint density at radius 2 is 1.75 bits per heavy atom. The summed E-state index contributed by atoms with van der Waals surface area (Å²) in [6.45, 7) is 9.03. The van der Waals surface area contributed by atoms with E-state index in [9.17, 15) is 0 Å². The molecule has 16 heavy (non-hydrogen) atoms. The highest BCUT2D eigenvalue weighted by Crippen LogP contribution is 2.26. The maximum Gasteiger partial charge on any atom is 0.00722 e. The summed E-state index contributed by atoms with van der Waals surface area (Å²) in [7, 11) is 0. The van der Waals surface area contributed by atoms with Gasteiger partial charge in [0.05, 0.1) is 0 Å². The highest BCUT2D eigenvalue weighted by atomic mass is 79.9. The lowest BCUT2D eigenvalue weighted by Gasteiger charge is -2.19. The minimum Gasteiger partial charge on any atom is -0.126 e. The summed E-state index contributed by atoms with van der Waals surface area (Å²) < 4.78 is 0. The Labute approximate surface area is 112 Å². The van der Waals surface area contributed by atoms with Crippen molar-refractivity contribution in [1.82, 2.24) is 0 Å². The van der Waals surface area contributed by atoms with Gasteiger partial charge in [0.25, 0.3) is 0 Å². The molecular weight excluding hydrogens is 280 g/mol. The van der Waals surface area contributed by atoms with Crippen molar-refractivity contribution in [1.29, 1.82) is 0 Å². The second-order valence-corrected chi connectivity index (χ2v) is 7.09. The number of halogens is 1. The van der Waals surface area contributed by atoms with Crippen molar-refractivity contribution in [2.45, 2.75) is 38.0 Å². The average molecular weight is 301 g/mol. The van der Waals surface area contributed by atoms with Crippen LogP contribution < -0.4 is 0 Å². The van der Waals surface area contributed by atoms with Crippen LogP contribution in [0.2, 0.25) is 0 Å². The zero-order chi connectivity index (χ0) is 12.2. The van der Waals surface area contributed by atoms with E-state index in [1.807, 2.05) is 11.8 Å². The summed E-state index contributed by atoms with van der Waals surface area (Å²) in [6, 6.07) is 8.99. The number of alkyl halides is 1. The number of thioether (sulfide) groups is 1. The molecule has 1 aromatic carbocycles. The van der Waals surface area contributed by atoms with Crippen LogP contribution in [0, 0.1) is 5.92 Å². The van der Waals surface area contributed by atoms with Gasteiger partial charge in [0, 0.05) is 16.0 Å². The number of benzene rings is 1. The number of hydrogen-bond donors (Lipinski definition) is 0. The van der Waals surface area contributed by atoms with Crippen LogP contribution in [0.15, 0.2) is 29.2 Å². The predicted molar refractivity (Wildman–Crippen MR) is 78.8 cm³/mol. The molecule has 0 saturated carbocycles. The Morgan fingerprint density at radius 3 is 2.19 bits per heavy atom. The van der Waals surface area contributed by atoms with E-state index in [1.54, 1.807) is 0 Å². The molecule has 1 unspecified atom stereocenters. The van der Waals surface area contributed by atoms with E-state index >= 15 is 0 Å². The number of hydrogen-bond acceptors (Lipinski definition) is 1. The SMILES string of the molecule is CC(CBr)CSc1ccc(C(C)(C)C)cc1. The van der Waals surface area contributed by atoms with Crippen LogP contribution in [0.1, 0.15) is 33.3 Å². The standard InChI is InChI=1S/C14H21BrS/c1-11(9-15)10-16-13-7-5-12(6-8-13)14(2,3)4/h5-8,11H,9-10H2,1-4H3. The van der Waals surface area contributed by atoms with Crippen molar-refractivity contribution < 1.29 is 0 Å². The molecule has 0 amide bonds. The second-order valence-electron chi connectivity index (χ2n) is 5.34. The molecule has 2 heteroatoms. The zero-order valence-corrected chi connectivity index (χ0v) is 13.0. The molecular formula is C14H21BrS. The second kappa shape index (κ2) is 6.11. The molecule has 0 nitrogen and oxygen atoms in total. The predicted octanol–water partition coefficient (Wildman–Crippen LogP) is 5.11. The molecule has 1 aromatic rings. The lowest BCUT2D eigenvalue weighted by atomic mass is 9.87. The van der Waals surface area contributed by atoms with E-state index in [-0.39, 0.29) is 5.41 Å². The molecule has 0 aliphatic heterocycles. The molecule has 0 aromatic heterocycles. The summed E-state index contributed by atoms with van der Waals surface area (Å²) >= 11 is 5.46. The smallest absolute Gasteiger partial charge is 0.00722 e. The summed E-state index contributed by atoms with van der Waals surface area (Å²) in [5.41, 5.74) is 1.66. The van der Waals surface area contributed by atoms with Gasteiger partial charge in [-0.1, -0.05) is 55.8 Å². The topological polar surface area (TPSA) is 0 Å². The molecule has 0 bridgehead atoms. The maximum atomic E-state index is 3.51. The maximum absolute atomic E-state index is 3.51. The largest absolute Gasteiger partial charge is 0.126 e. The Bertz CT molecular complexity index is 311. The van der Waals surface area contributed by atoms with Crippen LogP contribution in [0.5, 0.6) is 0 Å². The third kappa shape index (κ3) is 4.50. The molecule has 0 spiro atoms. The van der Waals surface area contributed by atoms with Gasteiger partial charge in [0.15, 0.2) is 0 Å². The third-order valence-corrected chi connectivity index (χ3v) is 4.96. The quantitative estimate of drug-likeness (QED) is 0.550. The minimum atomic E-state index is 0.256. The Hall–Kier alpha value is 0.0500. The van der Waals surface area contributed by atoms with Crippen molar-refractivity contribution in [2.75, 3.05) is 11.1 Å². The highest BCUT2D eigenvalue weighted by Gasteiger charge is 2.12. The van der Waals surface area contributed by atoms with Crippen molar-refractivity contribution in [2.24, 2.45) is 5.92 Å². The van der Waals surface area contributed by atoms with Gasteiger partial charge in [-0.25, -0.2) is 0 Å². The van der Waals surface area contributed by atoms with Gasteiger partial charge < -0.3 is 0 Å². The lowest BCUT2D eigenvalue weighted by Crippen LogP contribution is -2.10. The molecule has 0 heterocycles. The van der Waals surface area contributed by atoms with Gasteiger partial charge in [-0.05, 0) is 29.0 Å². The summed E-state index contributed by atoms with van der Waals surface area (Å²) in [4.78, 5) is 1.38. The van der Waals surface area contributed by atoms with Crippen molar-refractivity contribution in [3.63, 3.8) is 0 Å². The van der Waals surface area contributed by atoms with Crippen molar-refractivity contribution >= 4 is 27.7 Å².